The highest BCUT2D eigenvalue weighted by atomic mass is 35.5. The fourth-order valence-electron chi connectivity index (χ4n) is 1.31. The number of unbranched alkanes of at least 4 members (excludes halogenated alkanes) is 1. The number of aliphatic carboxylic acids is 1. The lowest BCUT2D eigenvalue weighted by atomic mass is 10.2. The van der Waals surface area contributed by atoms with E-state index in [2.05, 4.69) is 0 Å². The van der Waals surface area contributed by atoms with Crippen molar-refractivity contribution in [3.05, 3.63) is 33.3 Å². The lowest BCUT2D eigenvalue weighted by molar-refractivity contribution is -0.385. The van der Waals surface area contributed by atoms with E-state index in [0.717, 1.165) is 0 Å². The summed E-state index contributed by atoms with van der Waals surface area (Å²) in [6.45, 7) is 0.217. The van der Waals surface area contributed by atoms with Crippen LogP contribution in [0.5, 0.6) is 5.75 Å². The summed E-state index contributed by atoms with van der Waals surface area (Å²) in [7, 11) is 0. The molecular formula is C11H12ClNO5. The molecule has 1 aromatic rings. The first-order valence-electron chi connectivity index (χ1n) is 5.29. The van der Waals surface area contributed by atoms with E-state index in [-0.39, 0.29) is 24.5 Å². The smallest absolute Gasteiger partial charge is 0.311 e. The molecule has 0 spiro atoms. The second-order valence-corrected chi connectivity index (χ2v) is 4.00. The van der Waals surface area contributed by atoms with Crippen LogP contribution < -0.4 is 4.74 Å². The predicted molar refractivity (Wildman–Crippen MR) is 65.1 cm³/mol. The Labute approximate surface area is 108 Å². The van der Waals surface area contributed by atoms with Crippen molar-refractivity contribution in [2.24, 2.45) is 0 Å². The van der Waals surface area contributed by atoms with E-state index in [0.29, 0.717) is 17.9 Å². The maximum absolute atomic E-state index is 10.7. The van der Waals surface area contributed by atoms with Crippen molar-refractivity contribution in [1.29, 1.82) is 0 Å². The number of ether oxygens (including phenoxy) is 1. The minimum atomic E-state index is -0.872. The molecule has 0 aliphatic carbocycles. The van der Waals surface area contributed by atoms with Gasteiger partial charge in [0.2, 0.25) is 0 Å². The summed E-state index contributed by atoms with van der Waals surface area (Å²) in [5.41, 5.74) is -0.155. The Bertz CT molecular complexity index is 449. The first kappa shape index (κ1) is 14.2. The maximum atomic E-state index is 10.7. The fraction of sp³-hybridized carbons (Fsp3) is 0.364. The minimum Gasteiger partial charge on any atom is -0.487 e. The highest BCUT2D eigenvalue weighted by molar-refractivity contribution is 6.30. The van der Waals surface area contributed by atoms with Crippen LogP contribution in [0.2, 0.25) is 5.02 Å². The summed E-state index contributed by atoms with van der Waals surface area (Å²) < 4.78 is 5.24. The van der Waals surface area contributed by atoms with Crippen LogP contribution in [-0.2, 0) is 4.79 Å². The van der Waals surface area contributed by atoms with Gasteiger partial charge in [0.15, 0.2) is 5.75 Å². The van der Waals surface area contributed by atoms with E-state index in [4.69, 9.17) is 21.4 Å². The molecule has 0 saturated heterocycles. The van der Waals surface area contributed by atoms with Gasteiger partial charge in [0, 0.05) is 23.6 Å². The summed E-state index contributed by atoms with van der Waals surface area (Å²) >= 11 is 5.72. The molecule has 0 atom stereocenters. The molecule has 6 nitrogen and oxygen atoms in total. The van der Waals surface area contributed by atoms with Crippen molar-refractivity contribution in [2.45, 2.75) is 19.3 Å². The zero-order valence-corrected chi connectivity index (χ0v) is 10.2. The van der Waals surface area contributed by atoms with Crippen molar-refractivity contribution in [2.75, 3.05) is 6.61 Å². The van der Waals surface area contributed by atoms with Gasteiger partial charge in [-0.15, -0.1) is 0 Å². The quantitative estimate of drug-likeness (QED) is 0.469. The maximum Gasteiger partial charge on any atom is 0.311 e. The van der Waals surface area contributed by atoms with Crippen LogP contribution in [0.1, 0.15) is 19.3 Å². The number of carboxylic acids is 1. The Kier molecular flexibility index (Phi) is 5.38. The van der Waals surface area contributed by atoms with Gasteiger partial charge in [0.1, 0.15) is 0 Å². The Morgan fingerprint density at radius 1 is 1.44 bits per heavy atom. The van der Waals surface area contributed by atoms with E-state index in [1.54, 1.807) is 0 Å². The zero-order valence-electron chi connectivity index (χ0n) is 9.47. The van der Waals surface area contributed by atoms with Gasteiger partial charge < -0.3 is 9.84 Å². The lowest BCUT2D eigenvalue weighted by Crippen LogP contribution is -2.02. The van der Waals surface area contributed by atoms with Crippen LogP contribution in [0.4, 0.5) is 5.69 Å². The average Bonchev–Trinajstić information content (AvgIpc) is 2.27. The number of benzene rings is 1. The Morgan fingerprint density at radius 3 is 2.78 bits per heavy atom. The second-order valence-electron chi connectivity index (χ2n) is 3.57. The van der Waals surface area contributed by atoms with Crippen molar-refractivity contribution in [1.82, 2.24) is 0 Å². The highest BCUT2D eigenvalue weighted by Gasteiger charge is 2.15. The number of nitro benzene ring substituents is 1. The Balaban J connectivity index is 2.53. The van der Waals surface area contributed by atoms with E-state index in [1.807, 2.05) is 0 Å². The minimum absolute atomic E-state index is 0.0565. The topological polar surface area (TPSA) is 89.7 Å². The number of rotatable bonds is 7. The van der Waals surface area contributed by atoms with Crippen molar-refractivity contribution < 1.29 is 19.6 Å². The Hall–Kier alpha value is -1.82. The summed E-state index contributed by atoms with van der Waals surface area (Å²) in [6.07, 6.45) is 1.03. The molecule has 7 heteroatoms. The first-order valence-corrected chi connectivity index (χ1v) is 5.67. The van der Waals surface area contributed by atoms with E-state index in [9.17, 15) is 14.9 Å². The molecular weight excluding hydrogens is 262 g/mol. The summed E-state index contributed by atoms with van der Waals surface area (Å²) in [4.78, 5) is 20.4. The predicted octanol–water partition coefficient (Wildman–Crippen LogP) is 2.88. The van der Waals surface area contributed by atoms with Crippen LogP contribution in [0.3, 0.4) is 0 Å². The third-order valence-corrected chi connectivity index (χ3v) is 2.40. The number of carboxylic acid groups (broad SMARTS) is 1. The third kappa shape index (κ3) is 4.58. The van der Waals surface area contributed by atoms with Gasteiger partial charge in [-0.25, -0.2) is 0 Å². The van der Waals surface area contributed by atoms with Crippen molar-refractivity contribution in [3.63, 3.8) is 0 Å². The molecule has 1 rings (SSSR count). The molecule has 0 unspecified atom stereocenters. The summed E-state index contributed by atoms with van der Waals surface area (Å²) in [5, 5.41) is 19.5. The van der Waals surface area contributed by atoms with E-state index >= 15 is 0 Å². The molecule has 1 aromatic carbocycles. The largest absolute Gasteiger partial charge is 0.487 e. The normalized spacial score (nSPS) is 10.1. The SMILES string of the molecule is O=C(O)CCCCOc1cc(Cl)ccc1[N+](=O)[O-]. The van der Waals surface area contributed by atoms with Crippen LogP contribution in [0.25, 0.3) is 0 Å². The van der Waals surface area contributed by atoms with Gasteiger partial charge in [-0.1, -0.05) is 11.6 Å². The van der Waals surface area contributed by atoms with E-state index < -0.39 is 10.9 Å². The summed E-state index contributed by atoms with van der Waals surface area (Å²) in [6, 6.07) is 4.06. The number of hydrogen-bond donors (Lipinski definition) is 1. The number of nitrogens with zero attached hydrogens (tertiary/aromatic N) is 1. The molecule has 18 heavy (non-hydrogen) atoms. The molecule has 0 aliphatic heterocycles. The van der Waals surface area contributed by atoms with Crippen molar-refractivity contribution in [3.8, 4) is 5.75 Å². The summed E-state index contributed by atoms with van der Waals surface area (Å²) in [5.74, 6) is -0.772. The molecule has 0 bridgehead atoms. The van der Waals surface area contributed by atoms with Gasteiger partial charge in [-0.05, 0) is 18.9 Å². The Morgan fingerprint density at radius 2 is 2.17 bits per heavy atom. The van der Waals surface area contributed by atoms with Crippen LogP contribution >= 0.6 is 11.6 Å². The number of hydrogen-bond acceptors (Lipinski definition) is 4. The molecule has 0 aliphatic rings. The van der Waals surface area contributed by atoms with Gasteiger partial charge in [0.05, 0.1) is 11.5 Å². The molecule has 0 radical (unpaired) electrons. The molecule has 0 fully saturated rings. The van der Waals surface area contributed by atoms with Crippen molar-refractivity contribution >= 4 is 23.3 Å². The number of halogens is 1. The molecule has 0 amide bonds. The molecule has 1 N–H and O–H groups in total. The van der Waals surface area contributed by atoms with Gasteiger partial charge in [-0.2, -0.15) is 0 Å². The second kappa shape index (κ2) is 6.80. The van der Waals surface area contributed by atoms with Crippen LogP contribution in [0, 0.1) is 10.1 Å². The molecule has 0 heterocycles. The standard InChI is InChI=1S/C11H12ClNO5/c12-8-4-5-9(13(16)17)10(7-8)18-6-2-1-3-11(14)15/h4-5,7H,1-3,6H2,(H,14,15). The van der Waals surface area contributed by atoms with Gasteiger partial charge in [-0.3, -0.25) is 14.9 Å². The monoisotopic (exact) mass is 273 g/mol. The highest BCUT2D eigenvalue weighted by Crippen LogP contribution is 2.29. The zero-order chi connectivity index (χ0) is 13.5. The molecule has 98 valence electrons. The lowest BCUT2D eigenvalue weighted by Gasteiger charge is -2.06. The molecule has 0 saturated carbocycles. The van der Waals surface area contributed by atoms with Gasteiger partial charge >= 0.3 is 11.7 Å². The number of carbonyl (C=O) groups is 1. The fourth-order valence-corrected chi connectivity index (χ4v) is 1.48. The first-order chi connectivity index (χ1) is 8.50. The van der Waals surface area contributed by atoms with Crippen LogP contribution in [0.15, 0.2) is 18.2 Å². The van der Waals surface area contributed by atoms with Gasteiger partial charge in [0.25, 0.3) is 0 Å². The average molecular weight is 274 g/mol. The molecule has 0 aromatic heterocycles. The number of nitro groups is 1. The third-order valence-electron chi connectivity index (χ3n) is 2.16. The van der Waals surface area contributed by atoms with Crippen LogP contribution in [-0.4, -0.2) is 22.6 Å². The van der Waals surface area contributed by atoms with E-state index in [1.165, 1.54) is 18.2 Å².